The van der Waals surface area contributed by atoms with E-state index in [-0.39, 0.29) is 5.56 Å². The van der Waals surface area contributed by atoms with Gasteiger partial charge in [0.25, 0.3) is 5.56 Å². The number of aryl methyl sites for hydroxylation is 2. The molecule has 6 rings (SSSR count). The van der Waals surface area contributed by atoms with Gasteiger partial charge in [0.2, 0.25) is 0 Å². The summed E-state index contributed by atoms with van der Waals surface area (Å²) < 4.78 is 3.44. The third kappa shape index (κ3) is 2.23. The first kappa shape index (κ1) is 15.5. The van der Waals surface area contributed by atoms with Crippen LogP contribution in [0.5, 0.6) is 0 Å². The van der Waals surface area contributed by atoms with Crippen LogP contribution in [0.4, 0.5) is 0 Å². The van der Waals surface area contributed by atoms with Crippen LogP contribution in [-0.2, 0) is 0 Å². The maximum Gasteiger partial charge on any atom is 0.259 e. The lowest BCUT2D eigenvalue weighted by Crippen LogP contribution is -2.14. The van der Waals surface area contributed by atoms with Gasteiger partial charge in [-0.15, -0.1) is 11.3 Å². The highest BCUT2D eigenvalue weighted by molar-refractivity contribution is 7.17. The van der Waals surface area contributed by atoms with Crippen LogP contribution in [0.3, 0.4) is 0 Å². The molecule has 3 atom stereocenters. The minimum absolute atomic E-state index is 0.0530. The number of nitrogens with one attached hydrogen (secondary N) is 1. The maximum atomic E-state index is 12.7. The van der Waals surface area contributed by atoms with Crippen LogP contribution in [0.2, 0.25) is 0 Å². The Morgan fingerprint density at radius 2 is 1.93 bits per heavy atom. The second-order valence-electron chi connectivity index (χ2n) is 7.64. The zero-order chi connectivity index (χ0) is 18.3. The Balaban J connectivity index is 1.47. The molecule has 2 fully saturated rings. The molecule has 136 valence electrons. The summed E-state index contributed by atoms with van der Waals surface area (Å²) >= 11 is 1.64. The minimum atomic E-state index is -0.0530. The number of thiazole rings is 1. The molecule has 0 unspecified atom stereocenters. The Kier molecular flexibility index (Phi) is 3.00. The summed E-state index contributed by atoms with van der Waals surface area (Å²) in [5.74, 6) is 2.04. The lowest BCUT2D eigenvalue weighted by atomic mass is 10.2. The number of hydrogen-bond donors (Lipinski definition) is 1. The van der Waals surface area contributed by atoms with E-state index < -0.39 is 0 Å². The van der Waals surface area contributed by atoms with Crippen LogP contribution in [0.25, 0.3) is 22.0 Å². The first-order valence-electron chi connectivity index (χ1n) is 9.16. The van der Waals surface area contributed by atoms with E-state index in [0.29, 0.717) is 17.3 Å². The van der Waals surface area contributed by atoms with Gasteiger partial charge in [-0.3, -0.25) is 9.20 Å². The maximum absolute atomic E-state index is 12.7. The largest absolute Gasteiger partial charge is 0.316 e. The van der Waals surface area contributed by atoms with E-state index in [2.05, 4.69) is 15.4 Å². The van der Waals surface area contributed by atoms with E-state index in [1.807, 2.05) is 32.3 Å². The van der Waals surface area contributed by atoms with Crippen LogP contribution < -0.4 is 10.9 Å². The first-order chi connectivity index (χ1) is 13.1. The quantitative estimate of drug-likeness (QED) is 0.577. The number of fused-ring (bicyclic) bond motifs is 3. The highest BCUT2D eigenvalue weighted by Crippen LogP contribution is 2.57. The number of piperidine rings is 1. The smallest absolute Gasteiger partial charge is 0.259 e. The third-order valence-electron chi connectivity index (χ3n) is 5.80. The summed E-state index contributed by atoms with van der Waals surface area (Å²) in [7, 11) is 0. The van der Waals surface area contributed by atoms with E-state index in [1.165, 1.54) is 4.88 Å². The molecule has 0 bridgehead atoms. The number of imidazole rings is 1. The molecular formula is C19H18N6OS. The van der Waals surface area contributed by atoms with Crippen LogP contribution in [0.15, 0.2) is 29.3 Å². The van der Waals surface area contributed by atoms with Gasteiger partial charge in [0.1, 0.15) is 5.69 Å². The fourth-order valence-electron chi connectivity index (χ4n) is 4.42. The molecular weight excluding hydrogens is 360 g/mol. The Hall–Kier alpha value is -2.58. The zero-order valence-electron chi connectivity index (χ0n) is 15.0. The average Bonchev–Trinajstić information content (AvgIpc) is 3.07. The molecule has 1 aliphatic carbocycles. The van der Waals surface area contributed by atoms with Gasteiger partial charge >= 0.3 is 0 Å². The van der Waals surface area contributed by atoms with Gasteiger partial charge in [-0.25, -0.2) is 14.5 Å². The molecule has 1 aliphatic heterocycles. The summed E-state index contributed by atoms with van der Waals surface area (Å²) in [4.78, 5) is 24.0. The lowest BCUT2D eigenvalue weighted by Gasteiger charge is -2.03. The molecule has 0 amide bonds. The highest BCUT2D eigenvalue weighted by Gasteiger charge is 2.54. The molecule has 1 N–H and O–H groups in total. The van der Waals surface area contributed by atoms with E-state index in [1.54, 1.807) is 26.3 Å². The SMILES string of the molecule is Cc1cn2nc(-c3cc(=O)n4cc([C@H]5[C@@H]6CNC[C@@H]65)sc4n3)cc(C)c2n1. The molecule has 8 heteroatoms. The van der Waals surface area contributed by atoms with Crippen molar-refractivity contribution in [3.8, 4) is 11.4 Å². The van der Waals surface area contributed by atoms with Crippen molar-refractivity contribution in [3.63, 3.8) is 0 Å². The van der Waals surface area contributed by atoms with Crippen molar-refractivity contribution < 1.29 is 0 Å². The molecule has 0 radical (unpaired) electrons. The summed E-state index contributed by atoms with van der Waals surface area (Å²) in [6.07, 6.45) is 3.88. The van der Waals surface area contributed by atoms with Crippen LogP contribution in [0.1, 0.15) is 22.1 Å². The van der Waals surface area contributed by atoms with Gasteiger partial charge in [0.05, 0.1) is 17.6 Å². The van der Waals surface area contributed by atoms with Crippen molar-refractivity contribution in [1.82, 2.24) is 29.3 Å². The summed E-state index contributed by atoms with van der Waals surface area (Å²) in [6, 6.07) is 3.53. The molecule has 0 aromatic carbocycles. The first-order valence-corrected chi connectivity index (χ1v) is 9.98. The zero-order valence-corrected chi connectivity index (χ0v) is 15.8. The molecule has 1 saturated carbocycles. The fourth-order valence-corrected chi connectivity index (χ4v) is 5.66. The second kappa shape index (κ2) is 5.24. The minimum Gasteiger partial charge on any atom is -0.316 e. The van der Waals surface area contributed by atoms with Crippen LogP contribution in [-0.4, -0.2) is 37.1 Å². The van der Waals surface area contributed by atoms with Crippen molar-refractivity contribution in [2.45, 2.75) is 19.8 Å². The summed E-state index contributed by atoms with van der Waals surface area (Å²) in [6.45, 7) is 6.12. The van der Waals surface area contributed by atoms with Gasteiger partial charge in [-0.1, -0.05) is 0 Å². The van der Waals surface area contributed by atoms with Crippen molar-refractivity contribution in [2.75, 3.05) is 13.1 Å². The van der Waals surface area contributed by atoms with Gasteiger partial charge in [0.15, 0.2) is 10.6 Å². The summed E-state index contributed by atoms with van der Waals surface area (Å²) in [5.41, 5.74) is 4.02. The van der Waals surface area contributed by atoms with Gasteiger partial charge in [-0.2, -0.15) is 5.10 Å². The van der Waals surface area contributed by atoms with Gasteiger partial charge in [-0.05, 0) is 50.4 Å². The fraction of sp³-hybridized carbons (Fsp3) is 0.368. The van der Waals surface area contributed by atoms with Gasteiger partial charge < -0.3 is 5.32 Å². The van der Waals surface area contributed by atoms with E-state index in [0.717, 1.165) is 46.8 Å². The second-order valence-corrected chi connectivity index (χ2v) is 8.68. The molecule has 4 aromatic heterocycles. The number of hydrogen-bond acceptors (Lipinski definition) is 6. The van der Waals surface area contributed by atoms with Crippen molar-refractivity contribution in [3.05, 3.63) is 51.0 Å². The molecule has 5 heterocycles. The Morgan fingerprint density at radius 3 is 2.74 bits per heavy atom. The normalized spacial score (nSPS) is 24.0. The number of nitrogens with zero attached hydrogens (tertiary/aromatic N) is 5. The third-order valence-corrected chi connectivity index (χ3v) is 6.88. The van der Waals surface area contributed by atoms with Crippen molar-refractivity contribution >= 4 is 21.9 Å². The lowest BCUT2D eigenvalue weighted by molar-refractivity contribution is 0.688. The van der Waals surface area contributed by atoms with Crippen LogP contribution in [0, 0.1) is 25.7 Å². The Bertz CT molecular complexity index is 1270. The average molecular weight is 378 g/mol. The van der Waals surface area contributed by atoms with Crippen molar-refractivity contribution in [1.29, 1.82) is 0 Å². The predicted octanol–water partition coefficient (Wildman–Crippen LogP) is 2.02. The molecule has 2 aliphatic rings. The van der Waals surface area contributed by atoms with E-state index in [4.69, 9.17) is 4.98 Å². The topological polar surface area (TPSA) is 76.6 Å². The standard InChI is InChI=1S/C19H18N6OS/c1-9-3-14(23-25-7-10(2)21-18(9)25)13-4-16(26)24-8-15(27-19(24)22-13)17-11-5-20-6-12(11)17/h3-4,7-8,11-12,17,20H,5-6H2,1-2H3/t11-,12+,17+. The highest BCUT2D eigenvalue weighted by atomic mass is 32.1. The molecule has 1 saturated heterocycles. The predicted molar refractivity (Wildman–Crippen MR) is 103 cm³/mol. The number of rotatable bonds is 2. The molecule has 27 heavy (non-hydrogen) atoms. The molecule has 7 nitrogen and oxygen atoms in total. The van der Waals surface area contributed by atoms with Crippen molar-refractivity contribution in [2.24, 2.45) is 11.8 Å². The number of aromatic nitrogens is 5. The Morgan fingerprint density at radius 1 is 1.11 bits per heavy atom. The van der Waals surface area contributed by atoms with Gasteiger partial charge in [0, 0.05) is 23.1 Å². The van der Waals surface area contributed by atoms with E-state index in [9.17, 15) is 4.79 Å². The van der Waals surface area contributed by atoms with Crippen LogP contribution >= 0.6 is 11.3 Å². The molecule has 4 aromatic rings. The van der Waals surface area contributed by atoms with E-state index >= 15 is 0 Å². The Labute approximate surface area is 158 Å². The monoisotopic (exact) mass is 378 g/mol. The summed E-state index contributed by atoms with van der Waals surface area (Å²) in [5, 5.41) is 8.04. The molecule has 0 spiro atoms.